The van der Waals surface area contributed by atoms with Crippen LogP contribution in [0.3, 0.4) is 0 Å². The zero-order valence-corrected chi connectivity index (χ0v) is 20.2. The number of carboxylic acid groups (broad SMARTS) is 1. The Balaban J connectivity index is 1.49. The van der Waals surface area contributed by atoms with Crippen molar-refractivity contribution in [2.24, 2.45) is 5.92 Å². The Kier molecular flexibility index (Phi) is 8.63. The van der Waals surface area contributed by atoms with Crippen LogP contribution in [0.15, 0.2) is 59.5 Å². The van der Waals surface area contributed by atoms with Crippen molar-refractivity contribution in [3.63, 3.8) is 0 Å². The van der Waals surface area contributed by atoms with E-state index in [0.717, 1.165) is 19.4 Å². The van der Waals surface area contributed by atoms with Gasteiger partial charge in [-0.25, -0.2) is 0 Å². The van der Waals surface area contributed by atoms with Crippen LogP contribution in [0.25, 0.3) is 0 Å². The third-order valence-electron chi connectivity index (χ3n) is 5.36. The number of sulfone groups is 1. The molecule has 0 saturated carbocycles. The second kappa shape index (κ2) is 11.2. The van der Waals surface area contributed by atoms with Crippen molar-refractivity contribution in [3.8, 4) is 5.75 Å². The van der Waals surface area contributed by atoms with Crippen molar-refractivity contribution in [2.75, 3.05) is 25.4 Å². The van der Waals surface area contributed by atoms with Crippen LogP contribution in [0.1, 0.15) is 12.0 Å². The number of aliphatic hydroxyl groups is 1. The van der Waals surface area contributed by atoms with Gasteiger partial charge in [0.1, 0.15) is 0 Å². The number of carbonyl (C=O) groups is 2. The summed E-state index contributed by atoms with van der Waals surface area (Å²) >= 11 is -1.78. The number of aliphatic hydroxyl groups excluding tert-OH is 1. The molecule has 0 aromatic heterocycles. The molecule has 0 aliphatic carbocycles. The zero-order chi connectivity index (χ0) is 23.1. The van der Waals surface area contributed by atoms with E-state index in [2.05, 4.69) is 0 Å². The quantitative estimate of drug-likeness (QED) is 0.308. The van der Waals surface area contributed by atoms with E-state index in [1.54, 1.807) is 0 Å². The number of hydrogen-bond donors (Lipinski definition) is 2. The molecule has 10 heteroatoms. The van der Waals surface area contributed by atoms with Gasteiger partial charge in [-0.2, -0.15) is 0 Å². The van der Waals surface area contributed by atoms with Crippen molar-refractivity contribution in [3.05, 3.63) is 60.2 Å². The first kappa shape index (κ1) is 24.6. The Hall–Kier alpha value is -2.02. The van der Waals surface area contributed by atoms with Crippen molar-refractivity contribution in [2.45, 2.75) is 23.8 Å². The summed E-state index contributed by atoms with van der Waals surface area (Å²) in [5.41, 5.74) is 1.19. The number of β-amino-alcohol motifs (C(OH)–C–C–N with tert-alkyl or cyclic N) is 1. The van der Waals surface area contributed by atoms with Gasteiger partial charge in [-0.15, -0.1) is 0 Å². The number of carbonyl (C=O) groups excluding carboxylic acids is 1. The van der Waals surface area contributed by atoms with E-state index in [1.807, 2.05) is 35.2 Å². The number of ether oxygens (including phenoxy) is 1. The molecule has 2 aromatic carbocycles. The molecule has 174 valence electrons. The fourth-order valence-electron chi connectivity index (χ4n) is 3.66. The molecule has 1 fully saturated rings. The molecule has 1 aliphatic rings. The minimum absolute atomic E-state index is 0.0906. The van der Waals surface area contributed by atoms with Crippen LogP contribution in [-0.2, 0) is 16.3 Å². The van der Waals surface area contributed by atoms with E-state index < -0.39 is 45.1 Å². The number of likely N-dealkylation sites (tertiary alicyclic amines) is 1. The molecule has 1 heterocycles. The average molecular weight is 574 g/mol. The molecule has 0 unspecified atom stereocenters. The molecule has 1 aliphatic heterocycles. The molecule has 0 spiro atoms. The van der Waals surface area contributed by atoms with Gasteiger partial charge in [-0.1, -0.05) is 30.3 Å². The number of halogens is 1. The fourth-order valence-corrected chi connectivity index (χ4v) is 5.69. The first-order valence-corrected chi connectivity index (χ1v) is 13.9. The first-order chi connectivity index (χ1) is 15.2. The molecule has 8 nitrogen and oxygen atoms in total. The van der Waals surface area contributed by atoms with E-state index in [-0.39, 0.29) is 22.3 Å². The zero-order valence-electron chi connectivity index (χ0n) is 17.3. The van der Waals surface area contributed by atoms with E-state index in [0.29, 0.717) is 13.1 Å². The Morgan fingerprint density at radius 1 is 1.09 bits per heavy atom. The van der Waals surface area contributed by atoms with Gasteiger partial charge in [0.05, 0.1) is 0 Å². The summed E-state index contributed by atoms with van der Waals surface area (Å²) in [6.07, 6.45) is 1.10. The molecule has 32 heavy (non-hydrogen) atoms. The summed E-state index contributed by atoms with van der Waals surface area (Å²) in [6, 6.07) is 15.4. The van der Waals surface area contributed by atoms with Crippen LogP contribution in [0.4, 0.5) is 9.59 Å². The van der Waals surface area contributed by atoms with Crippen LogP contribution in [-0.4, -0.2) is 63.0 Å². The number of hydrogen-bond acceptors (Lipinski definition) is 7. The normalized spacial score (nSPS) is 19.5. The Bertz CT molecular complexity index is 1030. The fraction of sp³-hybridized carbons (Fsp3) is 0.364. The van der Waals surface area contributed by atoms with Crippen molar-refractivity contribution >= 4 is 17.8 Å². The van der Waals surface area contributed by atoms with Gasteiger partial charge in [0.15, 0.2) is 0 Å². The number of benzene rings is 2. The summed E-state index contributed by atoms with van der Waals surface area (Å²) in [7, 11) is -3.55. The average Bonchev–Trinajstić information content (AvgIpc) is 2.74. The maximum absolute atomic E-state index is 12.7. The minimum atomic E-state index is -3.55. The topological polar surface area (TPSA) is 121 Å². The molecule has 0 bridgehead atoms. The van der Waals surface area contributed by atoms with Crippen LogP contribution in [0, 0.1) is 5.92 Å². The van der Waals surface area contributed by atoms with Crippen molar-refractivity contribution in [1.29, 1.82) is 0 Å². The summed E-state index contributed by atoms with van der Waals surface area (Å²) < 4.78 is 28.2. The second-order valence-electron chi connectivity index (χ2n) is 7.58. The third kappa shape index (κ3) is 7.26. The monoisotopic (exact) mass is 574 g/mol. The first-order valence-electron chi connectivity index (χ1n) is 10.1. The van der Waals surface area contributed by atoms with E-state index in [1.165, 1.54) is 29.8 Å². The second-order valence-corrected chi connectivity index (χ2v) is 12.0. The van der Waals surface area contributed by atoms with E-state index in [4.69, 9.17) is 9.84 Å². The van der Waals surface area contributed by atoms with E-state index in [9.17, 15) is 23.1 Å². The Morgan fingerprint density at radius 2 is 1.78 bits per heavy atom. The molecule has 2 aromatic rings. The van der Waals surface area contributed by atoms with Crippen LogP contribution in [0.2, 0.25) is 0 Å². The molecule has 0 amide bonds. The van der Waals surface area contributed by atoms with Crippen molar-refractivity contribution < 1.29 is 54.2 Å². The Labute approximate surface area is 197 Å². The predicted molar refractivity (Wildman–Crippen MR) is 113 cm³/mol. The van der Waals surface area contributed by atoms with Gasteiger partial charge < -0.3 is 5.11 Å². The summed E-state index contributed by atoms with van der Waals surface area (Å²) in [6.45, 7) is 1.48. The number of piperidine rings is 1. The van der Waals surface area contributed by atoms with Crippen LogP contribution in [0.5, 0.6) is 5.75 Å². The number of rotatable bonds is 9. The Morgan fingerprint density at radius 3 is 2.41 bits per heavy atom. The maximum atomic E-state index is 12.7. The predicted octanol–water partition coefficient (Wildman–Crippen LogP) is -0.348. The molecule has 2 N–H and O–H groups in total. The SMILES string of the molecule is O=C(O)[I-]C(=O)Oc1ccc(S(=O)(=O)CCN2CC[C@H](Cc3ccccc3)[C@H](O)C2)cc1. The molecular formula is C22H25INO7S-. The standard InChI is InChI=1S/C22H25INO7S/c25-20-15-24(11-10-17(20)14-16-4-2-1-3-5-16)12-13-32(29,30)19-8-6-18(7-9-19)31-22(28)23-21(26)27/h1-9,17,20,25H,10-15H2,(H,26,27)/q-1/t17-,20-/m1/s1. The van der Waals surface area contributed by atoms with Crippen LogP contribution < -0.4 is 25.9 Å². The number of nitrogens with zero attached hydrogens (tertiary/aromatic N) is 1. The molecular weight excluding hydrogens is 549 g/mol. The molecule has 0 radical (unpaired) electrons. The van der Waals surface area contributed by atoms with Gasteiger partial charge in [0, 0.05) is 0 Å². The summed E-state index contributed by atoms with van der Waals surface area (Å²) in [5.74, 6) is 0.176. The summed E-state index contributed by atoms with van der Waals surface area (Å²) in [4.78, 5) is 24.1. The summed E-state index contributed by atoms with van der Waals surface area (Å²) in [5, 5.41) is 19.2. The molecule has 3 rings (SSSR count). The molecule has 1 saturated heterocycles. The van der Waals surface area contributed by atoms with E-state index >= 15 is 0 Å². The van der Waals surface area contributed by atoms with Crippen molar-refractivity contribution in [1.82, 2.24) is 4.90 Å². The third-order valence-corrected chi connectivity index (χ3v) is 8.19. The van der Waals surface area contributed by atoms with Gasteiger partial charge in [-0.3, -0.25) is 0 Å². The van der Waals surface area contributed by atoms with Gasteiger partial charge in [-0.05, 0) is 17.9 Å². The van der Waals surface area contributed by atoms with Gasteiger partial charge >= 0.3 is 145 Å². The molecule has 2 atom stereocenters. The van der Waals surface area contributed by atoms with Crippen LogP contribution >= 0.6 is 0 Å². The van der Waals surface area contributed by atoms with Gasteiger partial charge in [0.25, 0.3) is 0 Å². The van der Waals surface area contributed by atoms with Gasteiger partial charge in [0.2, 0.25) is 0 Å².